The first kappa shape index (κ1) is 19.0. The lowest BCUT2D eigenvalue weighted by atomic mass is 10.1. The number of aromatic nitrogens is 1. The summed E-state index contributed by atoms with van der Waals surface area (Å²) < 4.78 is 0. The molecule has 2 amide bonds. The fourth-order valence-corrected chi connectivity index (χ4v) is 3.15. The van der Waals surface area contributed by atoms with Gasteiger partial charge < -0.3 is 10.2 Å². The molecular formula is C21H26N4O2. The number of rotatable bonds is 6. The number of carbonyl (C=O) groups excluding carboxylic acids is 2. The largest absolute Gasteiger partial charge is 0.352 e. The number of piperazine rings is 1. The van der Waals surface area contributed by atoms with Crippen molar-refractivity contribution in [3.05, 3.63) is 65.5 Å². The molecule has 0 spiro atoms. The minimum absolute atomic E-state index is 0.0630. The van der Waals surface area contributed by atoms with Gasteiger partial charge in [-0.15, -0.1) is 0 Å². The zero-order valence-electron chi connectivity index (χ0n) is 15.7. The van der Waals surface area contributed by atoms with Crippen LogP contribution in [0.5, 0.6) is 0 Å². The van der Waals surface area contributed by atoms with Crippen molar-refractivity contribution in [2.75, 3.05) is 32.7 Å². The SMILES string of the molecule is CCCNC(=O)c1cncc(C(=O)N2CCN(Cc3ccccc3)CC2)c1. The summed E-state index contributed by atoms with van der Waals surface area (Å²) in [6, 6.07) is 12.0. The highest BCUT2D eigenvalue weighted by molar-refractivity contribution is 5.99. The number of carbonyl (C=O) groups is 2. The van der Waals surface area contributed by atoms with Crippen molar-refractivity contribution in [1.29, 1.82) is 0 Å². The lowest BCUT2D eigenvalue weighted by molar-refractivity contribution is 0.0628. The van der Waals surface area contributed by atoms with Crippen molar-refractivity contribution >= 4 is 11.8 Å². The standard InChI is InChI=1S/C21H26N4O2/c1-2-8-23-20(26)18-13-19(15-22-14-18)21(27)25-11-9-24(10-12-25)16-17-6-4-3-5-7-17/h3-7,13-15H,2,8-12,16H2,1H3,(H,23,26). The van der Waals surface area contributed by atoms with Crippen LogP contribution in [0.2, 0.25) is 0 Å². The van der Waals surface area contributed by atoms with E-state index in [-0.39, 0.29) is 11.8 Å². The van der Waals surface area contributed by atoms with E-state index in [1.165, 1.54) is 18.0 Å². The van der Waals surface area contributed by atoms with Gasteiger partial charge in [0, 0.05) is 51.7 Å². The molecule has 6 nitrogen and oxygen atoms in total. The highest BCUT2D eigenvalue weighted by Crippen LogP contribution is 2.12. The normalized spacial score (nSPS) is 14.8. The molecule has 0 atom stereocenters. The van der Waals surface area contributed by atoms with Gasteiger partial charge in [-0.25, -0.2) is 0 Å². The van der Waals surface area contributed by atoms with Crippen LogP contribution < -0.4 is 5.32 Å². The van der Waals surface area contributed by atoms with Crippen LogP contribution in [-0.4, -0.2) is 59.3 Å². The molecule has 1 aromatic carbocycles. The first-order chi connectivity index (χ1) is 13.2. The summed E-state index contributed by atoms with van der Waals surface area (Å²) in [6.45, 7) is 6.54. The third kappa shape index (κ3) is 5.14. The number of hydrogen-bond acceptors (Lipinski definition) is 4. The predicted octanol–water partition coefficient (Wildman–Crippen LogP) is 2.18. The minimum Gasteiger partial charge on any atom is -0.352 e. The maximum atomic E-state index is 12.8. The zero-order valence-corrected chi connectivity index (χ0v) is 15.7. The molecule has 1 aromatic heterocycles. The van der Waals surface area contributed by atoms with E-state index < -0.39 is 0 Å². The summed E-state index contributed by atoms with van der Waals surface area (Å²) in [4.78, 5) is 33.2. The maximum Gasteiger partial charge on any atom is 0.255 e. The summed E-state index contributed by atoms with van der Waals surface area (Å²) in [6.07, 6.45) is 3.90. The maximum absolute atomic E-state index is 12.8. The molecular weight excluding hydrogens is 340 g/mol. The molecule has 27 heavy (non-hydrogen) atoms. The van der Waals surface area contributed by atoms with Gasteiger partial charge in [-0.05, 0) is 18.1 Å². The zero-order chi connectivity index (χ0) is 19.1. The average molecular weight is 366 g/mol. The lowest BCUT2D eigenvalue weighted by Crippen LogP contribution is -2.48. The van der Waals surface area contributed by atoms with Gasteiger partial charge in [-0.3, -0.25) is 19.5 Å². The van der Waals surface area contributed by atoms with Crippen molar-refractivity contribution in [2.45, 2.75) is 19.9 Å². The summed E-state index contributed by atoms with van der Waals surface area (Å²) in [7, 11) is 0. The predicted molar refractivity (Wildman–Crippen MR) is 104 cm³/mol. The molecule has 0 saturated carbocycles. The molecule has 0 unspecified atom stereocenters. The number of hydrogen-bond donors (Lipinski definition) is 1. The van der Waals surface area contributed by atoms with Crippen molar-refractivity contribution in [3.63, 3.8) is 0 Å². The van der Waals surface area contributed by atoms with Gasteiger partial charge in [0.2, 0.25) is 0 Å². The molecule has 142 valence electrons. The molecule has 1 saturated heterocycles. The molecule has 2 aromatic rings. The van der Waals surface area contributed by atoms with E-state index in [2.05, 4.69) is 27.3 Å². The summed E-state index contributed by atoms with van der Waals surface area (Å²) in [5.41, 5.74) is 2.18. The number of benzene rings is 1. The molecule has 2 heterocycles. The summed E-state index contributed by atoms with van der Waals surface area (Å²) >= 11 is 0. The van der Waals surface area contributed by atoms with Crippen LogP contribution >= 0.6 is 0 Å². The highest BCUT2D eigenvalue weighted by Gasteiger charge is 2.23. The molecule has 6 heteroatoms. The Labute approximate surface area is 160 Å². The molecule has 1 aliphatic rings. The topological polar surface area (TPSA) is 65.5 Å². The van der Waals surface area contributed by atoms with Crippen LogP contribution in [0.4, 0.5) is 0 Å². The van der Waals surface area contributed by atoms with Crippen LogP contribution in [0.15, 0.2) is 48.8 Å². The van der Waals surface area contributed by atoms with Gasteiger partial charge in [0.05, 0.1) is 11.1 Å². The second kappa shape index (κ2) is 9.28. The van der Waals surface area contributed by atoms with E-state index in [1.807, 2.05) is 30.0 Å². The Morgan fingerprint density at radius 2 is 1.74 bits per heavy atom. The van der Waals surface area contributed by atoms with E-state index in [1.54, 1.807) is 6.07 Å². The number of nitrogens with zero attached hydrogens (tertiary/aromatic N) is 3. The van der Waals surface area contributed by atoms with E-state index in [0.29, 0.717) is 30.8 Å². The third-order valence-electron chi connectivity index (χ3n) is 4.69. The van der Waals surface area contributed by atoms with Crippen LogP contribution in [0, 0.1) is 0 Å². The monoisotopic (exact) mass is 366 g/mol. The first-order valence-corrected chi connectivity index (χ1v) is 9.46. The van der Waals surface area contributed by atoms with Crippen molar-refractivity contribution in [2.24, 2.45) is 0 Å². The van der Waals surface area contributed by atoms with Gasteiger partial charge in [0.15, 0.2) is 0 Å². The number of nitrogens with one attached hydrogen (secondary N) is 1. The van der Waals surface area contributed by atoms with Gasteiger partial charge in [0.25, 0.3) is 11.8 Å². The van der Waals surface area contributed by atoms with E-state index in [4.69, 9.17) is 0 Å². The van der Waals surface area contributed by atoms with Gasteiger partial charge in [-0.2, -0.15) is 0 Å². The Kier molecular flexibility index (Phi) is 6.54. The summed E-state index contributed by atoms with van der Waals surface area (Å²) in [5, 5.41) is 2.81. The fraction of sp³-hybridized carbons (Fsp3) is 0.381. The fourth-order valence-electron chi connectivity index (χ4n) is 3.15. The quantitative estimate of drug-likeness (QED) is 0.851. The van der Waals surface area contributed by atoms with E-state index in [0.717, 1.165) is 26.1 Å². The second-order valence-electron chi connectivity index (χ2n) is 6.77. The lowest BCUT2D eigenvalue weighted by Gasteiger charge is -2.34. The van der Waals surface area contributed by atoms with Crippen molar-refractivity contribution in [3.8, 4) is 0 Å². The van der Waals surface area contributed by atoms with Crippen molar-refractivity contribution in [1.82, 2.24) is 20.1 Å². The second-order valence-corrected chi connectivity index (χ2v) is 6.77. The molecule has 0 aliphatic carbocycles. The molecule has 0 radical (unpaired) electrons. The Balaban J connectivity index is 1.57. The smallest absolute Gasteiger partial charge is 0.255 e. The van der Waals surface area contributed by atoms with Gasteiger partial charge in [0.1, 0.15) is 0 Å². The Morgan fingerprint density at radius 1 is 1.04 bits per heavy atom. The molecule has 1 N–H and O–H groups in total. The van der Waals surface area contributed by atoms with Crippen LogP contribution in [-0.2, 0) is 6.54 Å². The van der Waals surface area contributed by atoms with Crippen LogP contribution in [0.25, 0.3) is 0 Å². The van der Waals surface area contributed by atoms with Crippen molar-refractivity contribution < 1.29 is 9.59 Å². The Bertz CT molecular complexity index is 771. The minimum atomic E-state index is -0.188. The highest BCUT2D eigenvalue weighted by atomic mass is 16.2. The third-order valence-corrected chi connectivity index (χ3v) is 4.69. The summed E-state index contributed by atoms with van der Waals surface area (Å²) in [5.74, 6) is -0.251. The van der Waals surface area contributed by atoms with Gasteiger partial charge >= 0.3 is 0 Å². The Hall–Kier alpha value is -2.73. The molecule has 1 fully saturated rings. The molecule has 0 bridgehead atoms. The van der Waals surface area contributed by atoms with Crippen LogP contribution in [0.1, 0.15) is 39.6 Å². The van der Waals surface area contributed by atoms with E-state index >= 15 is 0 Å². The number of amides is 2. The average Bonchev–Trinajstić information content (AvgIpc) is 2.73. The van der Waals surface area contributed by atoms with Gasteiger partial charge in [-0.1, -0.05) is 37.3 Å². The first-order valence-electron chi connectivity index (χ1n) is 9.46. The van der Waals surface area contributed by atoms with Crippen LogP contribution in [0.3, 0.4) is 0 Å². The molecule has 1 aliphatic heterocycles. The molecule has 3 rings (SSSR count). The number of pyridine rings is 1. The Morgan fingerprint density at radius 3 is 2.44 bits per heavy atom. The van der Waals surface area contributed by atoms with E-state index in [9.17, 15) is 9.59 Å².